The molecule has 2 rings (SSSR count). The fourth-order valence-electron chi connectivity index (χ4n) is 1.53. The van der Waals surface area contributed by atoms with Gasteiger partial charge in [0, 0.05) is 18.0 Å². The zero-order chi connectivity index (χ0) is 12.3. The number of hydrogen-bond acceptors (Lipinski definition) is 4. The lowest BCUT2D eigenvalue weighted by molar-refractivity contribution is 0.168. The van der Waals surface area contributed by atoms with E-state index in [1.54, 1.807) is 6.07 Å². The second-order valence-electron chi connectivity index (χ2n) is 3.60. The van der Waals surface area contributed by atoms with Crippen molar-refractivity contribution >= 4 is 23.4 Å². The fraction of sp³-hybridized carbons (Fsp3) is 0.400. The van der Waals surface area contributed by atoms with Crippen LogP contribution in [0.4, 0.5) is 9.59 Å². The molecule has 0 aliphatic carbocycles. The molecule has 4 amide bonds. The Hall–Kier alpha value is -1.60. The van der Waals surface area contributed by atoms with Crippen molar-refractivity contribution in [2.24, 2.45) is 0 Å². The minimum atomic E-state index is -0.732. The number of carbonyl (C=O) groups is 2. The van der Waals surface area contributed by atoms with Gasteiger partial charge in [0.05, 0.1) is 6.54 Å². The second kappa shape index (κ2) is 5.15. The molecule has 0 aromatic carbocycles. The summed E-state index contributed by atoms with van der Waals surface area (Å²) < 4.78 is 0. The van der Waals surface area contributed by atoms with Crippen molar-refractivity contribution in [2.45, 2.75) is 6.10 Å². The van der Waals surface area contributed by atoms with Gasteiger partial charge in [-0.15, -0.1) is 11.3 Å². The first-order valence-electron chi connectivity index (χ1n) is 5.23. The number of aliphatic hydroxyl groups is 1. The molecule has 7 heteroatoms. The van der Waals surface area contributed by atoms with Gasteiger partial charge in [0.1, 0.15) is 6.10 Å². The number of nitrogens with zero attached hydrogens (tertiary/aromatic N) is 1. The average Bonchev–Trinajstić information content (AvgIpc) is 2.95. The van der Waals surface area contributed by atoms with Crippen molar-refractivity contribution < 1.29 is 14.7 Å². The summed E-state index contributed by atoms with van der Waals surface area (Å²) in [4.78, 5) is 24.6. The Morgan fingerprint density at radius 3 is 3.12 bits per heavy atom. The molecule has 0 spiro atoms. The zero-order valence-electron chi connectivity index (χ0n) is 9.05. The van der Waals surface area contributed by atoms with Crippen molar-refractivity contribution in [3.05, 3.63) is 22.4 Å². The molecule has 1 saturated heterocycles. The molecule has 0 saturated carbocycles. The van der Waals surface area contributed by atoms with E-state index in [4.69, 9.17) is 0 Å². The van der Waals surface area contributed by atoms with Gasteiger partial charge in [-0.25, -0.2) is 14.5 Å². The summed E-state index contributed by atoms with van der Waals surface area (Å²) in [6.45, 7) is 0.933. The van der Waals surface area contributed by atoms with Crippen LogP contribution in [-0.4, -0.2) is 41.7 Å². The van der Waals surface area contributed by atoms with Crippen LogP contribution < -0.4 is 10.6 Å². The quantitative estimate of drug-likeness (QED) is 0.736. The lowest BCUT2D eigenvalue weighted by atomic mass is 10.3. The molecule has 1 aliphatic rings. The second-order valence-corrected chi connectivity index (χ2v) is 4.58. The summed E-state index contributed by atoms with van der Waals surface area (Å²) in [5, 5.41) is 16.7. The molecule has 0 radical (unpaired) electrons. The SMILES string of the molecule is O=C1NCCN1C(=O)NC[C@H](O)c1cccs1. The van der Waals surface area contributed by atoms with Crippen LogP contribution in [0.1, 0.15) is 11.0 Å². The minimum absolute atomic E-state index is 0.100. The standard InChI is InChI=1S/C10H13N3O3S/c14-7(8-2-1-5-17-8)6-12-10(16)13-4-3-11-9(13)15/h1-2,5,7,14H,3-4,6H2,(H,11,15)(H,12,16)/t7-/m0/s1. The number of urea groups is 2. The molecular weight excluding hydrogens is 242 g/mol. The highest BCUT2D eigenvalue weighted by Gasteiger charge is 2.26. The zero-order valence-corrected chi connectivity index (χ0v) is 9.87. The van der Waals surface area contributed by atoms with E-state index in [0.717, 1.165) is 9.78 Å². The molecule has 3 N–H and O–H groups in total. The first-order valence-corrected chi connectivity index (χ1v) is 6.11. The number of hydrogen-bond donors (Lipinski definition) is 3. The smallest absolute Gasteiger partial charge is 0.325 e. The highest BCUT2D eigenvalue weighted by Crippen LogP contribution is 2.17. The van der Waals surface area contributed by atoms with E-state index in [1.807, 2.05) is 11.4 Å². The van der Waals surface area contributed by atoms with Gasteiger partial charge >= 0.3 is 12.1 Å². The molecule has 1 atom stereocenters. The number of aliphatic hydroxyl groups excluding tert-OH is 1. The molecule has 6 nitrogen and oxygen atoms in total. The van der Waals surface area contributed by atoms with E-state index in [-0.39, 0.29) is 6.54 Å². The molecule has 0 unspecified atom stereocenters. The molecule has 17 heavy (non-hydrogen) atoms. The van der Waals surface area contributed by atoms with E-state index in [1.165, 1.54) is 11.3 Å². The molecule has 92 valence electrons. The van der Waals surface area contributed by atoms with Gasteiger partial charge < -0.3 is 15.7 Å². The van der Waals surface area contributed by atoms with Crippen LogP contribution in [-0.2, 0) is 0 Å². The number of amides is 4. The molecule has 1 aliphatic heterocycles. The Balaban J connectivity index is 1.82. The Morgan fingerprint density at radius 2 is 2.53 bits per heavy atom. The Kier molecular flexibility index (Phi) is 3.60. The number of imide groups is 1. The maximum absolute atomic E-state index is 11.6. The largest absolute Gasteiger partial charge is 0.386 e. The van der Waals surface area contributed by atoms with Crippen molar-refractivity contribution in [1.82, 2.24) is 15.5 Å². The third kappa shape index (κ3) is 2.75. The van der Waals surface area contributed by atoms with Crippen molar-refractivity contribution in [1.29, 1.82) is 0 Å². The van der Waals surface area contributed by atoms with Crippen LogP contribution in [0.25, 0.3) is 0 Å². The number of nitrogens with one attached hydrogen (secondary N) is 2. The molecule has 1 aromatic rings. The average molecular weight is 255 g/mol. The van der Waals surface area contributed by atoms with E-state index in [2.05, 4.69) is 10.6 Å². The molecule has 1 fully saturated rings. The lowest BCUT2D eigenvalue weighted by Gasteiger charge is -2.15. The monoisotopic (exact) mass is 255 g/mol. The van der Waals surface area contributed by atoms with Gasteiger partial charge in [0.25, 0.3) is 0 Å². The normalized spacial score (nSPS) is 16.8. The first kappa shape index (κ1) is 11.9. The summed E-state index contributed by atoms with van der Waals surface area (Å²) in [6.07, 6.45) is -0.732. The number of rotatable bonds is 3. The van der Waals surface area contributed by atoms with Gasteiger partial charge in [-0.05, 0) is 11.4 Å². The van der Waals surface area contributed by atoms with Gasteiger partial charge in [0.15, 0.2) is 0 Å². The van der Waals surface area contributed by atoms with Crippen LogP contribution >= 0.6 is 11.3 Å². The highest BCUT2D eigenvalue weighted by molar-refractivity contribution is 7.10. The van der Waals surface area contributed by atoms with Crippen molar-refractivity contribution in [3.63, 3.8) is 0 Å². The molecule has 0 bridgehead atoms. The van der Waals surface area contributed by atoms with Crippen LogP contribution in [0.3, 0.4) is 0 Å². The lowest BCUT2D eigenvalue weighted by Crippen LogP contribution is -2.43. The predicted octanol–water partition coefficient (Wildman–Crippen LogP) is 0.516. The van der Waals surface area contributed by atoms with Crippen molar-refractivity contribution in [3.8, 4) is 0 Å². The third-order valence-corrected chi connectivity index (χ3v) is 3.39. The summed E-state index contributed by atoms with van der Waals surface area (Å²) in [5.41, 5.74) is 0. The minimum Gasteiger partial charge on any atom is -0.386 e. The Bertz CT molecular complexity index is 407. The Labute approximate surface area is 102 Å². The van der Waals surface area contributed by atoms with Crippen LogP contribution in [0.15, 0.2) is 17.5 Å². The predicted molar refractivity (Wildman–Crippen MR) is 62.8 cm³/mol. The van der Waals surface area contributed by atoms with Crippen LogP contribution in [0, 0.1) is 0 Å². The molecular formula is C10H13N3O3S. The van der Waals surface area contributed by atoms with E-state index >= 15 is 0 Å². The van der Waals surface area contributed by atoms with E-state index in [0.29, 0.717) is 13.1 Å². The summed E-state index contributed by atoms with van der Waals surface area (Å²) in [5.74, 6) is 0. The van der Waals surface area contributed by atoms with Gasteiger partial charge in [-0.3, -0.25) is 0 Å². The maximum atomic E-state index is 11.6. The van der Waals surface area contributed by atoms with Gasteiger partial charge in [-0.1, -0.05) is 6.07 Å². The summed E-state index contributed by atoms with van der Waals surface area (Å²) >= 11 is 1.42. The summed E-state index contributed by atoms with van der Waals surface area (Å²) in [7, 11) is 0. The fourth-order valence-corrected chi connectivity index (χ4v) is 2.24. The van der Waals surface area contributed by atoms with Crippen molar-refractivity contribution in [2.75, 3.05) is 19.6 Å². The topological polar surface area (TPSA) is 81.7 Å². The van der Waals surface area contributed by atoms with Gasteiger partial charge in [0.2, 0.25) is 0 Å². The number of carbonyl (C=O) groups excluding carboxylic acids is 2. The van der Waals surface area contributed by atoms with Gasteiger partial charge in [-0.2, -0.15) is 0 Å². The molecule has 2 heterocycles. The third-order valence-electron chi connectivity index (χ3n) is 2.42. The highest BCUT2D eigenvalue weighted by atomic mass is 32.1. The van der Waals surface area contributed by atoms with Crippen LogP contribution in [0.2, 0.25) is 0 Å². The number of thiophene rings is 1. The van der Waals surface area contributed by atoms with E-state index < -0.39 is 18.2 Å². The maximum Gasteiger partial charge on any atom is 0.325 e. The van der Waals surface area contributed by atoms with Crippen LogP contribution in [0.5, 0.6) is 0 Å². The molecule has 1 aromatic heterocycles. The Morgan fingerprint density at radius 1 is 1.71 bits per heavy atom. The van der Waals surface area contributed by atoms with E-state index in [9.17, 15) is 14.7 Å². The summed E-state index contributed by atoms with van der Waals surface area (Å²) in [6, 6.07) is 2.76. The first-order chi connectivity index (χ1) is 8.18.